The third-order valence-electron chi connectivity index (χ3n) is 12.8. The predicted molar refractivity (Wildman–Crippen MR) is 245 cm³/mol. The summed E-state index contributed by atoms with van der Waals surface area (Å²) in [5, 5.41) is 6.38. The van der Waals surface area contributed by atoms with Crippen molar-refractivity contribution in [2.24, 2.45) is 0 Å². The van der Waals surface area contributed by atoms with Crippen molar-refractivity contribution in [3.63, 3.8) is 0 Å². The van der Waals surface area contributed by atoms with E-state index in [0.29, 0.717) is 11.8 Å². The predicted octanol–water partition coefficient (Wildman–Crippen LogP) is 14.6. The van der Waals surface area contributed by atoms with E-state index in [4.69, 9.17) is 0 Å². The average molecular weight is 744 g/mol. The van der Waals surface area contributed by atoms with Gasteiger partial charge < -0.3 is 13.7 Å². The Morgan fingerprint density at radius 3 is 1.98 bits per heavy atom. The molecule has 0 bridgehead atoms. The molecule has 0 saturated heterocycles. The molecular formula is C55H41N3. The van der Waals surface area contributed by atoms with Crippen LogP contribution in [0.25, 0.3) is 88.8 Å². The van der Waals surface area contributed by atoms with Crippen molar-refractivity contribution in [2.45, 2.75) is 31.6 Å². The van der Waals surface area contributed by atoms with Crippen LogP contribution in [-0.4, -0.2) is 13.7 Å². The van der Waals surface area contributed by atoms with Crippen LogP contribution in [0.4, 0.5) is 0 Å². The number of aromatic nitrogens is 3. The molecule has 2 unspecified atom stereocenters. The number of rotatable bonds is 5. The average Bonchev–Trinajstić information content (AvgIpc) is 3.93. The number of nitrogens with zero attached hydrogens (tertiary/aromatic N) is 3. The Bertz CT molecular complexity index is 3340. The molecule has 0 fully saturated rings. The minimum absolute atomic E-state index is 0.386. The van der Waals surface area contributed by atoms with Gasteiger partial charge in [-0.2, -0.15) is 0 Å². The van der Waals surface area contributed by atoms with Crippen LogP contribution in [0.1, 0.15) is 48.4 Å². The topological polar surface area (TPSA) is 14.8 Å². The highest BCUT2D eigenvalue weighted by Crippen LogP contribution is 2.46. The van der Waals surface area contributed by atoms with E-state index >= 15 is 0 Å². The van der Waals surface area contributed by atoms with E-state index in [1.54, 1.807) is 0 Å². The molecule has 3 heterocycles. The smallest absolute Gasteiger partial charge is 0.0638 e. The highest BCUT2D eigenvalue weighted by atomic mass is 15.0. The van der Waals surface area contributed by atoms with Gasteiger partial charge in [-0.05, 0) is 90.2 Å². The lowest BCUT2D eigenvalue weighted by molar-refractivity contribution is 0.723. The van der Waals surface area contributed by atoms with Crippen molar-refractivity contribution in [3.05, 3.63) is 205 Å². The third kappa shape index (κ3) is 4.93. The number of para-hydroxylation sites is 2. The lowest BCUT2D eigenvalue weighted by Crippen LogP contribution is -2.08. The quantitative estimate of drug-likeness (QED) is 0.167. The van der Waals surface area contributed by atoms with Crippen LogP contribution in [0.5, 0.6) is 0 Å². The van der Waals surface area contributed by atoms with E-state index in [1.807, 2.05) is 0 Å². The van der Waals surface area contributed by atoms with Gasteiger partial charge in [0.15, 0.2) is 0 Å². The van der Waals surface area contributed by atoms with Crippen LogP contribution < -0.4 is 0 Å². The summed E-state index contributed by atoms with van der Waals surface area (Å²) in [7, 11) is 0. The summed E-state index contributed by atoms with van der Waals surface area (Å²) in [6.45, 7) is 2.39. The van der Waals surface area contributed by atoms with Gasteiger partial charge in [-0.25, -0.2) is 0 Å². The van der Waals surface area contributed by atoms with Gasteiger partial charge in [0.25, 0.3) is 0 Å². The molecule has 0 spiro atoms. The Kier molecular flexibility index (Phi) is 7.40. The zero-order chi connectivity index (χ0) is 38.3. The van der Waals surface area contributed by atoms with Crippen molar-refractivity contribution in [1.82, 2.24) is 13.7 Å². The molecule has 276 valence electrons. The van der Waals surface area contributed by atoms with Crippen LogP contribution >= 0.6 is 0 Å². The second kappa shape index (κ2) is 13.0. The standard InChI is InChI=1S/C55H41N3/c1-36-14-12-23-45-46-31-33-52-53(55(46)58(54(36)45)42-20-13-19-40(34-42)38-17-6-3-7-18-38)47-22-9-11-25-50(47)57(52)43-30-32-51-48(35-43)44-21-8-10-24-49(44)56(51)41-28-26-39(27-29-41)37-15-4-2-5-16-37/h2-13,15-17,19-36,38H,14,18H2,1H3. The lowest BCUT2D eigenvalue weighted by Gasteiger charge is -2.21. The first kappa shape index (κ1) is 33.1. The Labute approximate surface area is 337 Å². The van der Waals surface area contributed by atoms with Crippen molar-refractivity contribution < 1.29 is 0 Å². The molecule has 10 aromatic rings. The molecule has 0 aliphatic heterocycles. The van der Waals surface area contributed by atoms with Crippen LogP contribution in [0, 0.1) is 0 Å². The molecule has 3 heteroatoms. The minimum Gasteiger partial charge on any atom is -0.312 e. The fraction of sp³-hybridized carbons (Fsp3) is 0.0909. The summed E-state index contributed by atoms with van der Waals surface area (Å²) < 4.78 is 7.53. The van der Waals surface area contributed by atoms with Gasteiger partial charge in [0, 0.05) is 67.1 Å². The van der Waals surface area contributed by atoms with Crippen molar-refractivity contribution in [3.8, 4) is 28.2 Å². The lowest BCUT2D eigenvalue weighted by atomic mass is 9.92. The third-order valence-corrected chi connectivity index (χ3v) is 12.8. The van der Waals surface area contributed by atoms with Crippen LogP contribution in [0.3, 0.4) is 0 Å². The highest BCUT2D eigenvalue weighted by Gasteiger charge is 2.27. The zero-order valence-electron chi connectivity index (χ0n) is 32.4. The Morgan fingerprint density at radius 2 is 1.16 bits per heavy atom. The van der Waals surface area contributed by atoms with E-state index in [2.05, 4.69) is 215 Å². The second-order valence-corrected chi connectivity index (χ2v) is 16.1. The maximum Gasteiger partial charge on any atom is 0.0638 e. The normalized spacial score (nSPS) is 16.4. The number of fused-ring (bicyclic) bond motifs is 10. The molecule has 3 aromatic heterocycles. The van der Waals surface area contributed by atoms with Crippen LogP contribution in [-0.2, 0) is 0 Å². The Hall–Kier alpha value is -7.10. The van der Waals surface area contributed by atoms with Gasteiger partial charge in [-0.1, -0.05) is 140 Å². The van der Waals surface area contributed by atoms with Gasteiger partial charge in [-0.15, -0.1) is 0 Å². The molecule has 2 aliphatic rings. The van der Waals surface area contributed by atoms with E-state index < -0.39 is 0 Å². The number of hydrogen-bond donors (Lipinski definition) is 0. The van der Waals surface area contributed by atoms with Crippen molar-refractivity contribution in [1.29, 1.82) is 0 Å². The maximum absolute atomic E-state index is 2.61. The second-order valence-electron chi connectivity index (χ2n) is 16.1. The molecule has 58 heavy (non-hydrogen) atoms. The van der Waals surface area contributed by atoms with Crippen LogP contribution in [0.15, 0.2) is 188 Å². The molecule has 2 aliphatic carbocycles. The van der Waals surface area contributed by atoms with Gasteiger partial charge >= 0.3 is 0 Å². The first-order valence-electron chi connectivity index (χ1n) is 20.6. The zero-order valence-corrected chi connectivity index (χ0v) is 32.4. The molecule has 2 atom stereocenters. The van der Waals surface area contributed by atoms with E-state index in [1.165, 1.54) is 88.1 Å². The summed E-state index contributed by atoms with van der Waals surface area (Å²) in [5.41, 5.74) is 16.3. The maximum atomic E-state index is 2.61. The number of hydrogen-bond acceptors (Lipinski definition) is 0. The molecular weight excluding hydrogens is 703 g/mol. The SMILES string of the molecule is CC1CC=Cc2c1n(-c1cccc(C3C=CC=CC3)c1)c1c2ccc2c1c1ccccc1n2-c1ccc2c(c1)c1ccccc1n2-c1ccc(-c2ccccc2)cc1. The molecule has 0 radical (unpaired) electrons. The molecule has 0 N–H and O–H groups in total. The van der Waals surface area contributed by atoms with E-state index in [0.717, 1.165) is 24.2 Å². The van der Waals surface area contributed by atoms with Crippen molar-refractivity contribution in [2.75, 3.05) is 0 Å². The summed E-state index contributed by atoms with van der Waals surface area (Å²) >= 11 is 0. The summed E-state index contributed by atoms with van der Waals surface area (Å²) in [5.74, 6) is 0.780. The monoisotopic (exact) mass is 743 g/mol. The highest BCUT2D eigenvalue weighted by molar-refractivity contribution is 6.22. The fourth-order valence-corrected chi connectivity index (χ4v) is 10.1. The van der Waals surface area contributed by atoms with Gasteiger partial charge in [0.05, 0.1) is 27.6 Å². The largest absolute Gasteiger partial charge is 0.312 e. The van der Waals surface area contributed by atoms with E-state index in [9.17, 15) is 0 Å². The number of benzene rings is 7. The summed E-state index contributed by atoms with van der Waals surface area (Å²) in [4.78, 5) is 0. The summed E-state index contributed by atoms with van der Waals surface area (Å²) in [6.07, 6.45) is 15.8. The minimum atomic E-state index is 0.386. The van der Waals surface area contributed by atoms with Gasteiger partial charge in [0.2, 0.25) is 0 Å². The van der Waals surface area contributed by atoms with Gasteiger partial charge in [0.1, 0.15) is 0 Å². The van der Waals surface area contributed by atoms with Gasteiger partial charge in [-0.3, -0.25) is 0 Å². The molecule has 0 amide bonds. The molecule has 0 saturated carbocycles. The van der Waals surface area contributed by atoms with Crippen molar-refractivity contribution >= 4 is 60.6 Å². The number of allylic oxidation sites excluding steroid dienone is 5. The fourth-order valence-electron chi connectivity index (χ4n) is 10.1. The first-order valence-corrected chi connectivity index (χ1v) is 20.6. The van der Waals surface area contributed by atoms with Crippen LogP contribution in [0.2, 0.25) is 0 Å². The molecule has 12 rings (SSSR count). The Morgan fingerprint density at radius 1 is 0.466 bits per heavy atom. The Balaban J connectivity index is 1.09. The molecule has 7 aromatic carbocycles. The van der Waals surface area contributed by atoms with E-state index in [-0.39, 0.29) is 0 Å². The first-order chi connectivity index (χ1) is 28.7. The molecule has 3 nitrogen and oxygen atoms in total. The summed E-state index contributed by atoms with van der Waals surface area (Å²) in [6, 6.07) is 58.5.